The molecule has 2 aromatic rings. The number of hydrogen-bond acceptors (Lipinski definition) is 2. The summed E-state index contributed by atoms with van der Waals surface area (Å²) in [7, 11) is 0. The van der Waals surface area contributed by atoms with Gasteiger partial charge in [0.25, 0.3) is 0 Å². The molecular formula is C15H18N2. The standard InChI is InChI=1S/C15H18N2/c1-3-12-4-6-14(7-5-12)17-15-9-11(2)8-13(16)10-15/h4-10,17H,3,16H2,1-2H3. The average molecular weight is 226 g/mol. The Labute approximate surface area is 102 Å². The Balaban J connectivity index is 2.19. The van der Waals surface area contributed by atoms with E-state index in [1.807, 2.05) is 19.1 Å². The van der Waals surface area contributed by atoms with Crippen molar-refractivity contribution in [3.63, 3.8) is 0 Å². The van der Waals surface area contributed by atoms with Crippen LogP contribution >= 0.6 is 0 Å². The Bertz CT molecular complexity index is 481. The van der Waals surface area contributed by atoms with Crippen LogP contribution in [-0.2, 0) is 6.42 Å². The fourth-order valence-corrected chi connectivity index (χ4v) is 1.88. The third-order valence-corrected chi connectivity index (χ3v) is 2.75. The first kappa shape index (κ1) is 11.5. The molecule has 0 aliphatic heterocycles. The van der Waals surface area contributed by atoms with E-state index >= 15 is 0 Å². The Kier molecular flexibility index (Phi) is 3.33. The van der Waals surface area contributed by atoms with Gasteiger partial charge in [-0.2, -0.15) is 0 Å². The third-order valence-electron chi connectivity index (χ3n) is 2.75. The predicted molar refractivity (Wildman–Crippen MR) is 74.7 cm³/mol. The fraction of sp³-hybridized carbons (Fsp3) is 0.200. The summed E-state index contributed by atoms with van der Waals surface area (Å²) in [5.74, 6) is 0. The molecule has 0 spiro atoms. The third kappa shape index (κ3) is 3.00. The molecule has 0 saturated heterocycles. The maximum atomic E-state index is 5.82. The average Bonchev–Trinajstić information content (AvgIpc) is 2.28. The molecule has 0 heterocycles. The fourth-order valence-electron chi connectivity index (χ4n) is 1.88. The summed E-state index contributed by atoms with van der Waals surface area (Å²) in [5.41, 5.74) is 11.2. The minimum Gasteiger partial charge on any atom is -0.399 e. The van der Waals surface area contributed by atoms with Crippen LogP contribution in [0.3, 0.4) is 0 Å². The van der Waals surface area contributed by atoms with Gasteiger partial charge in [0.2, 0.25) is 0 Å². The van der Waals surface area contributed by atoms with Gasteiger partial charge >= 0.3 is 0 Å². The van der Waals surface area contributed by atoms with E-state index in [9.17, 15) is 0 Å². The summed E-state index contributed by atoms with van der Waals surface area (Å²) in [4.78, 5) is 0. The Hall–Kier alpha value is -1.96. The predicted octanol–water partition coefficient (Wildman–Crippen LogP) is 3.88. The lowest BCUT2D eigenvalue weighted by atomic mass is 10.1. The Morgan fingerprint density at radius 1 is 1.00 bits per heavy atom. The van der Waals surface area contributed by atoms with Gasteiger partial charge in [0.15, 0.2) is 0 Å². The second-order valence-corrected chi connectivity index (χ2v) is 4.31. The largest absolute Gasteiger partial charge is 0.399 e. The lowest BCUT2D eigenvalue weighted by molar-refractivity contribution is 1.14. The van der Waals surface area contributed by atoms with E-state index in [0.29, 0.717) is 0 Å². The van der Waals surface area contributed by atoms with E-state index < -0.39 is 0 Å². The van der Waals surface area contributed by atoms with E-state index in [-0.39, 0.29) is 0 Å². The van der Waals surface area contributed by atoms with Crippen LogP contribution in [0.2, 0.25) is 0 Å². The highest BCUT2D eigenvalue weighted by atomic mass is 14.9. The van der Waals surface area contributed by atoms with Crippen molar-refractivity contribution in [1.29, 1.82) is 0 Å². The zero-order valence-electron chi connectivity index (χ0n) is 10.3. The lowest BCUT2D eigenvalue weighted by Crippen LogP contribution is -1.93. The van der Waals surface area contributed by atoms with Crippen molar-refractivity contribution in [3.05, 3.63) is 53.6 Å². The van der Waals surface area contributed by atoms with Crippen molar-refractivity contribution in [2.75, 3.05) is 11.1 Å². The highest BCUT2D eigenvalue weighted by Gasteiger charge is 1.97. The maximum absolute atomic E-state index is 5.82. The number of nitrogens with two attached hydrogens (primary N) is 1. The van der Waals surface area contributed by atoms with Crippen molar-refractivity contribution in [2.45, 2.75) is 20.3 Å². The molecular weight excluding hydrogens is 208 g/mol. The summed E-state index contributed by atoms with van der Waals surface area (Å²) < 4.78 is 0. The first-order chi connectivity index (χ1) is 8.17. The second-order valence-electron chi connectivity index (χ2n) is 4.31. The summed E-state index contributed by atoms with van der Waals surface area (Å²) in [6, 6.07) is 14.5. The zero-order chi connectivity index (χ0) is 12.3. The van der Waals surface area contributed by atoms with Crippen molar-refractivity contribution >= 4 is 17.1 Å². The number of rotatable bonds is 3. The van der Waals surface area contributed by atoms with Gasteiger partial charge in [-0.1, -0.05) is 19.1 Å². The van der Waals surface area contributed by atoms with Gasteiger partial charge in [-0.25, -0.2) is 0 Å². The molecule has 2 aromatic carbocycles. The molecule has 0 aliphatic carbocycles. The first-order valence-corrected chi connectivity index (χ1v) is 5.90. The number of hydrogen-bond donors (Lipinski definition) is 2. The molecule has 17 heavy (non-hydrogen) atoms. The summed E-state index contributed by atoms with van der Waals surface area (Å²) in [6.45, 7) is 4.20. The normalized spacial score (nSPS) is 10.2. The minimum absolute atomic E-state index is 0.790. The van der Waals surface area contributed by atoms with E-state index in [0.717, 1.165) is 29.0 Å². The van der Waals surface area contributed by atoms with Crippen molar-refractivity contribution in [1.82, 2.24) is 0 Å². The van der Waals surface area contributed by atoms with E-state index in [2.05, 4.69) is 42.6 Å². The van der Waals surface area contributed by atoms with Crippen LogP contribution in [-0.4, -0.2) is 0 Å². The monoisotopic (exact) mass is 226 g/mol. The molecule has 0 amide bonds. The SMILES string of the molecule is CCc1ccc(Nc2cc(C)cc(N)c2)cc1. The van der Waals surface area contributed by atoms with Crippen LogP contribution in [0, 0.1) is 6.92 Å². The minimum atomic E-state index is 0.790. The molecule has 2 heteroatoms. The van der Waals surface area contributed by atoms with Gasteiger partial charge in [-0.3, -0.25) is 0 Å². The summed E-state index contributed by atoms with van der Waals surface area (Å²) >= 11 is 0. The van der Waals surface area contributed by atoms with Gasteiger partial charge in [-0.05, 0) is 54.8 Å². The number of aryl methyl sites for hydroxylation is 2. The molecule has 2 rings (SSSR count). The molecule has 0 bridgehead atoms. The molecule has 0 atom stereocenters. The molecule has 0 aromatic heterocycles. The summed E-state index contributed by atoms with van der Waals surface area (Å²) in [5, 5.41) is 3.36. The van der Waals surface area contributed by atoms with Gasteiger partial charge in [-0.15, -0.1) is 0 Å². The molecule has 0 aliphatic rings. The van der Waals surface area contributed by atoms with Crippen LogP contribution in [0.5, 0.6) is 0 Å². The number of benzene rings is 2. The summed E-state index contributed by atoms with van der Waals surface area (Å²) in [6.07, 6.45) is 1.07. The highest BCUT2D eigenvalue weighted by Crippen LogP contribution is 2.21. The maximum Gasteiger partial charge on any atom is 0.0407 e. The van der Waals surface area contributed by atoms with Gasteiger partial charge in [0.1, 0.15) is 0 Å². The Morgan fingerprint density at radius 3 is 2.29 bits per heavy atom. The Morgan fingerprint density at radius 2 is 1.71 bits per heavy atom. The first-order valence-electron chi connectivity index (χ1n) is 5.90. The van der Waals surface area contributed by atoms with Crippen molar-refractivity contribution in [2.24, 2.45) is 0 Å². The van der Waals surface area contributed by atoms with Crippen molar-refractivity contribution < 1.29 is 0 Å². The lowest BCUT2D eigenvalue weighted by Gasteiger charge is -2.09. The molecule has 0 radical (unpaired) electrons. The van der Waals surface area contributed by atoms with E-state index in [1.54, 1.807) is 0 Å². The molecule has 88 valence electrons. The van der Waals surface area contributed by atoms with Crippen molar-refractivity contribution in [3.8, 4) is 0 Å². The molecule has 0 fully saturated rings. The molecule has 0 saturated carbocycles. The number of anilines is 3. The van der Waals surface area contributed by atoms with E-state index in [1.165, 1.54) is 5.56 Å². The smallest absolute Gasteiger partial charge is 0.0407 e. The van der Waals surface area contributed by atoms with Gasteiger partial charge < -0.3 is 11.1 Å². The highest BCUT2D eigenvalue weighted by molar-refractivity contribution is 5.64. The van der Waals surface area contributed by atoms with Gasteiger partial charge in [0, 0.05) is 17.1 Å². The van der Waals surface area contributed by atoms with Crippen LogP contribution in [0.4, 0.5) is 17.1 Å². The van der Waals surface area contributed by atoms with Crippen LogP contribution in [0.25, 0.3) is 0 Å². The second kappa shape index (κ2) is 4.91. The number of nitrogens with one attached hydrogen (secondary N) is 1. The van der Waals surface area contributed by atoms with Crippen LogP contribution in [0.1, 0.15) is 18.1 Å². The van der Waals surface area contributed by atoms with Crippen LogP contribution in [0.15, 0.2) is 42.5 Å². The molecule has 3 N–H and O–H groups in total. The quantitative estimate of drug-likeness (QED) is 0.779. The zero-order valence-corrected chi connectivity index (χ0v) is 10.3. The number of nitrogen functional groups attached to an aromatic ring is 1. The van der Waals surface area contributed by atoms with Crippen LogP contribution < -0.4 is 11.1 Å². The van der Waals surface area contributed by atoms with E-state index in [4.69, 9.17) is 5.73 Å². The topological polar surface area (TPSA) is 38.0 Å². The van der Waals surface area contributed by atoms with Gasteiger partial charge in [0.05, 0.1) is 0 Å². The molecule has 2 nitrogen and oxygen atoms in total. The molecule has 0 unspecified atom stereocenters.